The van der Waals surface area contributed by atoms with Gasteiger partial charge in [-0.25, -0.2) is 0 Å². The molecule has 5 heteroatoms. The summed E-state index contributed by atoms with van der Waals surface area (Å²) in [4.78, 5) is 24.6. The third-order valence-corrected chi connectivity index (χ3v) is 3.38. The smallest absolute Gasteiger partial charge is 0.309 e. The summed E-state index contributed by atoms with van der Waals surface area (Å²) in [5, 5.41) is 18.5. The fourth-order valence-corrected chi connectivity index (χ4v) is 1.93. The number of piperidine rings is 1. The molecule has 1 heterocycles. The number of carboxylic acids is 1. The van der Waals surface area contributed by atoms with Crippen molar-refractivity contribution in [3.63, 3.8) is 0 Å². The van der Waals surface area contributed by atoms with E-state index in [2.05, 4.69) is 0 Å². The topological polar surface area (TPSA) is 77.8 Å². The van der Waals surface area contributed by atoms with Crippen LogP contribution < -0.4 is 0 Å². The number of carbonyl (C=O) groups excluding carboxylic acids is 1. The highest BCUT2D eigenvalue weighted by Gasteiger charge is 2.34. The summed E-state index contributed by atoms with van der Waals surface area (Å²) in [6.07, 6.45) is 0.220. The van der Waals surface area contributed by atoms with E-state index in [9.17, 15) is 14.7 Å². The van der Waals surface area contributed by atoms with E-state index in [0.29, 0.717) is 19.5 Å². The van der Waals surface area contributed by atoms with Crippen molar-refractivity contribution in [2.45, 2.75) is 39.7 Å². The van der Waals surface area contributed by atoms with Crippen LogP contribution in [0.1, 0.15) is 33.6 Å². The summed E-state index contributed by atoms with van der Waals surface area (Å²) >= 11 is 0. The Bertz CT molecular complexity index is 314. The Hall–Kier alpha value is -1.10. The Morgan fingerprint density at radius 1 is 1.41 bits per heavy atom. The molecule has 1 amide bonds. The average molecular weight is 243 g/mol. The van der Waals surface area contributed by atoms with Crippen LogP contribution in [-0.2, 0) is 9.59 Å². The van der Waals surface area contributed by atoms with Gasteiger partial charge in [-0.15, -0.1) is 0 Å². The minimum absolute atomic E-state index is 0.00511. The molecule has 0 radical (unpaired) electrons. The lowest BCUT2D eigenvalue weighted by Crippen LogP contribution is -2.46. The highest BCUT2D eigenvalue weighted by atomic mass is 16.4. The molecule has 2 N–H and O–H groups in total. The van der Waals surface area contributed by atoms with Crippen molar-refractivity contribution in [3.05, 3.63) is 0 Å². The lowest BCUT2D eigenvalue weighted by molar-refractivity contribution is -0.152. The maximum atomic E-state index is 12.0. The van der Waals surface area contributed by atoms with Gasteiger partial charge in [0, 0.05) is 19.5 Å². The molecule has 0 spiro atoms. The summed E-state index contributed by atoms with van der Waals surface area (Å²) in [5.41, 5.74) is -1.03. The number of likely N-dealkylation sites (tertiary alicyclic amines) is 1. The van der Waals surface area contributed by atoms with E-state index >= 15 is 0 Å². The number of aliphatic hydroxyl groups is 1. The zero-order valence-electron chi connectivity index (χ0n) is 10.6. The van der Waals surface area contributed by atoms with Crippen molar-refractivity contribution < 1.29 is 19.8 Å². The van der Waals surface area contributed by atoms with Crippen LogP contribution in [0, 0.1) is 11.3 Å². The van der Waals surface area contributed by atoms with Gasteiger partial charge in [-0.1, -0.05) is 6.92 Å². The van der Waals surface area contributed by atoms with Crippen LogP contribution in [0.15, 0.2) is 0 Å². The predicted octanol–water partition coefficient (Wildman–Crippen LogP) is 0.717. The Labute approximate surface area is 101 Å². The molecule has 0 aromatic heterocycles. The molecule has 1 fully saturated rings. The molecule has 0 aliphatic carbocycles. The van der Waals surface area contributed by atoms with Crippen molar-refractivity contribution in [2.75, 3.05) is 13.1 Å². The second kappa shape index (κ2) is 5.04. The maximum Gasteiger partial charge on any atom is 0.309 e. The quantitative estimate of drug-likeness (QED) is 0.765. The number of nitrogens with zero attached hydrogens (tertiary/aromatic N) is 1. The maximum absolute atomic E-state index is 12.0. The first-order chi connectivity index (χ1) is 7.74. The number of rotatable bonds is 3. The second-order valence-electron chi connectivity index (χ2n) is 5.54. The van der Waals surface area contributed by atoms with Crippen molar-refractivity contribution in [2.24, 2.45) is 11.3 Å². The average Bonchev–Trinajstić information content (AvgIpc) is 2.21. The highest BCUT2D eigenvalue weighted by Crippen LogP contribution is 2.24. The van der Waals surface area contributed by atoms with Gasteiger partial charge in [-0.3, -0.25) is 9.59 Å². The Morgan fingerprint density at radius 2 is 2.00 bits per heavy atom. The molecule has 2 atom stereocenters. The number of carboxylic acid groups (broad SMARTS) is 1. The first-order valence-corrected chi connectivity index (χ1v) is 5.93. The molecule has 1 aliphatic rings. The van der Waals surface area contributed by atoms with Crippen molar-refractivity contribution >= 4 is 11.9 Å². The van der Waals surface area contributed by atoms with Gasteiger partial charge in [0.05, 0.1) is 11.5 Å². The van der Waals surface area contributed by atoms with Gasteiger partial charge in [0.15, 0.2) is 0 Å². The fraction of sp³-hybridized carbons (Fsp3) is 0.833. The van der Waals surface area contributed by atoms with Crippen LogP contribution in [0.5, 0.6) is 0 Å². The molecule has 1 rings (SSSR count). The van der Waals surface area contributed by atoms with Gasteiger partial charge in [0.2, 0.25) is 5.91 Å². The van der Waals surface area contributed by atoms with E-state index in [1.54, 1.807) is 18.7 Å². The number of aliphatic carboxylic acids is 1. The van der Waals surface area contributed by atoms with Gasteiger partial charge in [0.1, 0.15) is 0 Å². The van der Waals surface area contributed by atoms with Gasteiger partial charge in [0.25, 0.3) is 0 Å². The van der Waals surface area contributed by atoms with E-state index in [1.165, 1.54) is 0 Å². The van der Waals surface area contributed by atoms with Crippen LogP contribution in [0.3, 0.4) is 0 Å². The molecule has 0 aromatic carbocycles. The normalized spacial score (nSPS) is 25.8. The van der Waals surface area contributed by atoms with Gasteiger partial charge in [-0.2, -0.15) is 0 Å². The number of hydrogen-bond acceptors (Lipinski definition) is 3. The summed E-state index contributed by atoms with van der Waals surface area (Å²) in [5.74, 6) is -1.05. The van der Waals surface area contributed by atoms with Crippen molar-refractivity contribution in [1.82, 2.24) is 4.90 Å². The summed E-state index contributed by atoms with van der Waals surface area (Å²) < 4.78 is 0. The van der Waals surface area contributed by atoms with Crippen LogP contribution in [0.4, 0.5) is 0 Å². The summed E-state index contributed by atoms with van der Waals surface area (Å²) in [7, 11) is 0. The van der Waals surface area contributed by atoms with Crippen LogP contribution >= 0.6 is 0 Å². The fourth-order valence-electron chi connectivity index (χ4n) is 1.93. The van der Waals surface area contributed by atoms with E-state index in [1.807, 2.05) is 6.92 Å². The second-order valence-corrected chi connectivity index (χ2v) is 5.54. The lowest BCUT2D eigenvalue weighted by atomic mass is 9.88. The molecule has 0 bridgehead atoms. The first kappa shape index (κ1) is 14.0. The van der Waals surface area contributed by atoms with Gasteiger partial charge < -0.3 is 15.1 Å². The van der Waals surface area contributed by atoms with Gasteiger partial charge in [-0.05, 0) is 26.2 Å². The molecule has 5 nitrogen and oxygen atoms in total. The third-order valence-electron chi connectivity index (χ3n) is 3.38. The largest absolute Gasteiger partial charge is 0.481 e. The molecule has 0 aromatic rings. The molecule has 1 saturated heterocycles. The molecular weight excluding hydrogens is 222 g/mol. The summed E-state index contributed by atoms with van der Waals surface area (Å²) in [6, 6.07) is 0. The van der Waals surface area contributed by atoms with Gasteiger partial charge >= 0.3 is 5.97 Å². The van der Waals surface area contributed by atoms with Crippen LogP contribution in [0.2, 0.25) is 0 Å². The van der Waals surface area contributed by atoms with E-state index < -0.39 is 11.4 Å². The summed E-state index contributed by atoms with van der Waals surface area (Å²) in [6.45, 7) is 6.02. The Morgan fingerprint density at radius 3 is 2.47 bits per heavy atom. The minimum atomic E-state index is -1.03. The SMILES string of the molecule is CC1CN(C(=O)CC(C)(C)C(=O)O)CCC1O. The number of carbonyl (C=O) groups is 2. The van der Waals surface area contributed by atoms with E-state index in [0.717, 1.165) is 0 Å². The number of amides is 1. The first-order valence-electron chi connectivity index (χ1n) is 5.93. The molecule has 2 unspecified atom stereocenters. The molecule has 17 heavy (non-hydrogen) atoms. The standard InChI is InChI=1S/C12H21NO4/c1-8-7-13(5-4-9(8)14)10(15)6-12(2,3)11(16)17/h8-9,14H,4-7H2,1-3H3,(H,16,17). The third kappa shape index (κ3) is 3.43. The zero-order valence-corrected chi connectivity index (χ0v) is 10.6. The molecule has 98 valence electrons. The molecular formula is C12H21NO4. The van der Waals surface area contributed by atoms with E-state index in [-0.39, 0.29) is 24.3 Å². The van der Waals surface area contributed by atoms with Crippen LogP contribution in [0.25, 0.3) is 0 Å². The lowest BCUT2D eigenvalue weighted by Gasteiger charge is -2.35. The zero-order chi connectivity index (χ0) is 13.2. The number of hydrogen-bond donors (Lipinski definition) is 2. The minimum Gasteiger partial charge on any atom is -0.481 e. The van der Waals surface area contributed by atoms with E-state index in [4.69, 9.17) is 5.11 Å². The molecule has 1 aliphatic heterocycles. The Kier molecular flexibility index (Phi) is 4.14. The molecule has 0 saturated carbocycles. The highest BCUT2D eigenvalue weighted by molar-refractivity contribution is 5.84. The predicted molar refractivity (Wildman–Crippen MR) is 62.4 cm³/mol. The Balaban J connectivity index is 2.57. The van der Waals surface area contributed by atoms with Crippen molar-refractivity contribution in [3.8, 4) is 0 Å². The number of aliphatic hydroxyl groups excluding tert-OH is 1. The van der Waals surface area contributed by atoms with Crippen LogP contribution in [-0.4, -0.2) is 46.2 Å². The van der Waals surface area contributed by atoms with Crippen molar-refractivity contribution in [1.29, 1.82) is 0 Å². The monoisotopic (exact) mass is 243 g/mol.